The Labute approximate surface area is 392 Å². The summed E-state index contributed by atoms with van der Waals surface area (Å²) in [5.41, 5.74) is 4.09. The third-order valence-corrected chi connectivity index (χ3v) is 26.4. The minimum absolute atomic E-state index is 0.322. The van der Waals surface area contributed by atoms with E-state index in [1.807, 2.05) is 0 Å². The van der Waals surface area contributed by atoms with Crippen LogP contribution in [0.1, 0.15) is 212 Å². The Balaban J connectivity index is 0.000000162. The molecule has 0 heterocycles. The minimum Gasteiger partial charge on any atom is -0.481 e. The van der Waals surface area contributed by atoms with Crippen molar-refractivity contribution in [2.75, 3.05) is 0 Å². The highest BCUT2D eigenvalue weighted by Gasteiger charge is 2.70. The molecule has 20 atom stereocenters. The van der Waals surface area contributed by atoms with E-state index in [-0.39, 0.29) is 0 Å². The van der Waals surface area contributed by atoms with E-state index < -0.39 is 22.8 Å². The molecule has 4 heteroatoms. The van der Waals surface area contributed by atoms with Gasteiger partial charge in [-0.25, -0.2) is 0 Å². The molecule has 0 radical (unpaired) electrons. The second-order valence-electron chi connectivity index (χ2n) is 28.6. The molecule has 0 aromatic rings. The maximum Gasteiger partial charge on any atom is 0.309 e. The van der Waals surface area contributed by atoms with Gasteiger partial charge in [0.1, 0.15) is 0 Å². The number of hydrogen-bond acceptors (Lipinski definition) is 2. The summed E-state index contributed by atoms with van der Waals surface area (Å²) in [6.07, 6.45) is 24.1. The van der Waals surface area contributed by atoms with Gasteiger partial charge in [0.05, 0.1) is 10.8 Å². The normalized spacial score (nSPS) is 54.0. The zero-order chi connectivity index (χ0) is 46.5. The van der Waals surface area contributed by atoms with Crippen molar-refractivity contribution < 1.29 is 19.8 Å². The van der Waals surface area contributed by atoms with E-state index in [0.717, 1.165) is 86.9 Å². The number of rotatable bonds is 4. The topological polar surface area (TPSA) is 74.6 Å². The molecule has 0 bridgehead atoms. The second-order valence-corrected chi connectivity index (χ2v) is 28.6. The van der Waals surface area contributed by atoms with Crippen LogP contribution in [0.3, 0.4) is 0 Å². The number of aliphatic carboxylic acids is 2. The summed E-state index contributed by atoms with van der Waals surface area (Å²) in [6.45, 7) is 38.9. The lowest BCUT2D eigenvalue weighted by Crippen LogP contribution is -2.62. The molecular weight excluding hydrogens is 785 g/mol. The second kappa shape index (κ2) is 15.5. The van der Waals surface area contributed by atoms with E-state index in [1.54, 1.807) is 0 Å². The molecule has 10 aliphatic rings. The molecular formula is C60H96O4. The third kappa shape index (κ3) is 6.27. The molecule has 10 saturated carbocycles. The Bertz CT molecular complexity index is 1760. The van der Waals surface area contributed by atoms with Crippen molar-refractivity contribution in [1.82, 2.24) is 0 Å². The molecule has 2 N–H and O–H groups in total. The van der Waals surface area contributed by atoms with E-state index in [2.05, 4.69) is 96.2 Å². The number of hydrogen-bond donors (Lipinski definition) is 2. The van der Waals surface area contributed by atoms with E-state index in [0.29, 0.717) is 79.8 Å². The van der Waals surface area contributed by atoms with Crippen molar-refractivity contribution >= 4 is 11.9 Å². The lowest BCUT2D eigenvalue weighted by molar-refractivity contribution is -0.209. The predicted octanol–water partition coefficient (Wildman–Crippen LogP) is 15.9. The maximum absolute atomic E-state index is 12.7. The average molecular weight is 881 g/mol. The standard InChI is InChI=1S/2C30H48O2/c2*1-18(2)20-11-16-30(26(31)32)17-12-22-21(25(20)30)8-9-24-28(22,6)15-13-23-27(4,5)19(3)10-14-29(23,24)7/h2*19-25H,1,8-17H2,2-7H3,(H,31,32)/t19-,20+,21?,22?,23?,24?,25?,28+,29+,30+;19-,20-,21?,22?,23?,24?,25?,28-,29-,30-/m10/s1. The predicted molar refractivity (Wildman–Crippen MR) is 262 cm³/mol. The van der Waals surface area contributed by atoms with Crippen LogP contribution < -0.4 is 0 Å². The minimum atomic E-state index is -0.504. The van der Waals surface area contributed by atoms with Crippen LogP contribution >= 0.6 is 0 Å². The Kier molecular flexibility index (Phi) is 11.5. The molecule has 0 aromatic carbocycles. The zero-order valence-corrected chi connectivity index (χ0v) is 43.4. The highest BCUT2D eigenvalue weighted by molar-refractivity contribution is 5.76. The number of allylic oxidation sites excluding steroid dienone is 2. The van der Waals surface area contributed by atoms with Crippen LogP contribution in [0.25, 0.3) is 0 Å². The highest BCUT2D eigenvalue weighted by atomic mass is 16.4. The fourth-order valence-electron chi connectivity index (χ4n) is 22.7. The molecule has 10 fully saturated rings. The van der Waals surface area contributed by atoms with Gasteiger partial charge in [-0.2, -0.15) is 0 Å². The van der Waals surface area contributed by atoms with Gasteiger partial charge in [-0.3, -0.25) is 9.59 Å². The molecule has 10 rings (SSSR count). The Morgan fingerprint density at radius 2 is 0.750 bits per heavy atom. The van der Waals surface area contributed by atoms with Crippen molar-refractivity contribution in [2.24, 2.45) is 126 Å². The van der Waals surface area contributed by atoms with Crippen LogP contribution in [0.4, 0.5) is 0 Å². The monoisotopic (exact) mass is 881 g/mol. The number of carboxylic acids is 2. The van der Waals surface area contributed by atoms with Crippen LogP contribution in [0, 0.1) is 126 Å². The van der Waals surface area contributed by atoms with Crippen molar-refractivity contribution in [3.8, 4) is 0 Å². The van der Waals surface area contributed by atoms with Gasteiger partial charge in [0.2, 0.25) is 0 Å². The van der Waals surface area contributed by atoms with Crippen molar-refractivity contribution in [3.63, 3.8) is 0 Å². The van der Waals surface area contributed by atoms with Gasteiger partial charge in [-0.05, 0) is 258 Å². The number of fused-ring (bicyclic) bond motifs is 14. The van der Waals surface area contributed by atoms with Gasteiger partial charge in [0.15, 0.2) is 0 Å². The van der Waals surface area contributed by atoms with E-state index in [4.69, 9.17) is 0 Å². The first-order valence-electron chi connectivity index (χ1n) is 27.6. The molecule has 0 aromatic heterocycles. The fraction of sp³-hybridized carbons (Fsp3) is 0.900. The summed E-state index contributed by atoms with van der Waals surface area (Å²) < 4.78 is 0. The average Bonchev–Trinajstić information content (AvgIpc) is 3.83. The van der Waals surface area contributed by atoms with E-state index >= 15 is 0 Å². The molecule has 0 aliphatic heterocycles. The Morgan fingerprint density at radius 3 is 1.08 bits per heavy atom. The van der Waals surface area contributed by atoms with Gasteiger partial charge in [0.25, 0.3) is 0 Å². The fourth-order valence-corrected chi connectivity index (χ4v) is 22.7. The summed E-state index contributed by atoms with van der Waals surface area (Å²) in [4.78, 5) is 25.3. The maximum atomic E-state index is 12.7. The van der Waals surface area contributed by atoms with E-state index in [9.17, 15) is 19.8 Å². The van der Waals surface area contributed by atoms with Gasteiger partial charge < -0.3 is 10.2 Å². The molecule has 64 heavy (non-hydrogen) atoms. The van der Waals surface area contributed by atoms with Gasteiger partial charge in [-0.1, -0.05) is 93.5 Å². The third-order valence-electron chi connectivity index (χ3n) is 26.4. The summed E-state index contributed by atoms with van der Waals surface area (Å²) in [5, 5.41) is 20.9. The lowest BCUT2D eigenvalue weighted by atomic mass is 9.35. The molecule has 0 saturated heterocycles. The molecule has 0 amide bonds. The first kappa shape index (κ1) is 47.5. The molecule has 0 spiro atoms. The van der Waals surface area contributed by atoms with Crippen LogP contribution in [0.2, 0.25) is 0 Å². The zero-order valence-electron chi connectivity index (χ0n) is 43.4. The Morgan fingerprint density at radius 1 is 0.422 bits per heavy atom. The van der Waals surface area contributed by atoms with Crippen LogP contribution in [-0.2, 0) is 9.59 Å². The summed E-state index contributed by atoms with van der Waals surface area (Å²) >= 11 is 0. The van der Waals surface area contributed by atoms with Crippen LogP contribution in [0.5, 0.6) is 0 Å². The quantitative estimate of drug-likeness (QED) is 0.276. The highest BCUT2D eigenvalue weighted by Crippen LogP contribution is 2.76. The first-order valence-corrected chi connectivity index (χ1v) is 27.6. The molecule has 10 unspecified atom stereocenters. The summed E-state index contributed by atoms with van der Waals surface area (Å²) in [5.74, 6) is 7.99. The first-order chi connectivity index (χ1) is 29.8. The van der Waals surface area contributed by atoms with Crippen molar-refractivity contribution in [3.05, 3.63) is 24.3 Å². The van der Waals surface area contributed by atoms with Gasteiger partial charge in [-0.15, -0.1) is 0 Å². The molecule has 360 valence electrons. The van der Waals surface area contributed by atoms with Crippen molar-refractivity contribution in [1.29, 1.82) is 0 Å². The van der Waals surface area contributed by atoms with E-state index in [1.165, 1.54) is 88.2 Å². The number of carboxylic acid groups (broad SMARTS) is 2. The Hall–Kier alpha value is -1.58. The smallest absolute Gasteiger partial charge is 0.309 e. The molecule has 10 aliphatic carbocycles. The SMILES string of the molecule is C=C(C)[C@@H]1CC[C@]2(C(=O)O)CCC3C(CCC4[C@@]3(C)CCC3C(C)(C)[C@@H](C)CC[C@@]34C)C12.C=C(C)[C@@H]1CC[C@]2(C(=O)O)CCC3C(CCC4[C@@]3(C)CCC3C(C)(C)[C@H](C)CC[C@@]34C)C12. The van der Waals surface area contributed by atoms with Gasteiger partial charge >= 0.3 is 11.9 Å². The largest absolute Gasteiger partial charge is 0.481 e. The van der Waals surface area contributed by atoms with Crippen molar-refractivity contribution in [2.45, 2.75) is 212 Å². The van der Waals surface area contributed by atoms with Gasteiger partial charge in [0, 0.05) is 0 Å². The van der Waals surface area contributed by atoms with Crippen LogP contribution in [0.15, 0.2) is 24.3 Å². The lowest BCUT2D eigenvalue weighted by Gasteiger charge is -2.69. The van der Waals surface area contributed by atoms with Crippen LogP contribution in [-0.4, -0.2) is 22.2 Å². The summed E-state index contributed by atoms with van der Waals surface area (Å²) in [6, 6.07) is 0. The summed E-state index contributed by atoms with van der Waals surface area (Å²) in [7, 11) is 0. The number of carbonyl (C=O) groups is 2. The molecule has 4 nitrogen and oxygen atoms in total.